The molecule has 4 heteroatoms. The number of nitrogens with zero attached hydrogens (tertiary/aromatic N) is 3. The third kappa shape index (κ3) is 1.14. The highest BCUT2D eigenvalue weighted by Crippen LogP contribution is 2.23. The number of hydrogen-bond acceptors (Lipinski definition) is 2. The molecule has 1 unspecified atom stereocenters. The van der Waals surface area contributed by atoms with Crippen LogP contribution in [0.25, 0.3) is 5.82 Å². The van der Waals surface area contributed by atoms with Crippen LogP contribution >= 0.6 is 0 Å². The van der Waals surface area contributed by atoms with Crippen molar-refractivity contribution in [2.45, 2.75) is 20.1 Å². The molecular formula is C11H12N3O+. The quantitative estimate of drug-likeness (QED) is 0.604. The van der Waals surface area contributed by atoms with Gasteiger partial charge in [0, 0.05) is 13.0 Å². The molecule has 0 saturated carbocycles. The lowest BCUT2D eigenvalue weighted by Crippen LogP contribution is -2.47. The number of rotatable bonds is 0. The van der Waals surface area contributed by atoms with Crippen molar-refractivity contribution >= 4 is 0 Å². The first-order valence-corrected chi connectivity index (χ1v) is 4.99. The van der Waals surface area contributed by atoms with Crippen LogP contribution in [-0.4, -0.2) is 9.78 Å². The van der Waals surface area contributed by atoms with E-state index in [9.17, 15) is 0 Å². The zero-order valence-corrected chi connectivity index (χ0v) is 8.71. The molecule has 0 saturated heterocycles. The topological polar surface area (TPSA) is 30.9 Å². The van der Waals surface area contributed by atoms with E-state index in [4.69, 9.17) is 4.74 Å². The number of aromatic nitrogens is 3. The van der Waals surface area contributed by atoms with Crippen LogP contribution < -0.4 is 9.30 Å². The van der Waals surface area contributed by atoms with Crippen molar-refractivity contribution in [3.05, 3.63) is 36.2 Å². The van der Waals surface area contributed by atoms with E-state index in [1.165, 1.54) is 0 Å². The van der Waals surface area contributed by atoms with Crippen LogP contribution in [0.5, 0.6) is 5.88 Å². The van der Waals surface area contributed by atoms with Gasteiger partial charge in [-0.05, 0) is 13.0 Å². The van der Waals surface area contributed by atoms with Gasteiger partial charge in [-0.3, -0.25) is 0 Å². The molecular weight excluding hydrogens is 190 g/mol. The van der Waals surface area contributed by atoms with Gasteiger partial charge in [0.25, 0.3) is 0 Å². The smallest absolute Gasteiger partial charge is 0.316 e. The molecule has 0 radical (unpaired) electrons. The maximum absolute atomic E-state index is 5.74. The van der Waals surface area contributed by atoms with E-state index in [1.54, 1.807) is 0 Å². The van der Waals surface area contributed by atoms with Gasteiger partial charge >= 0.3 is 11.7 Å². The van der Waals surface area contributed by atoms with Crippen molar-refractivity contribution in [2.75, 3.05) is 0 Å². The van der Waals surface area contributed by atoms with Gasteiger partial charge in [0.15, 0.2) is 0 Å². The monoisotopic (exact) mass is 202 g/mol. The first-order chi connectivity index (χ1) is 7.25. The summed E-state index contributed by atoms with van der Waals surface area (Å²) in [5, 5.41) is 4.40. The minimum absolute atomic E-state index is 0.0183. The second-order valence-electron chi connectivity index (χ2n) is 3.72. The van der Waals surface area contributed by atoms with Crippen LogP contribution in [-0.2, 0) is 0 Å². The Labute approximate surface area is 87.7 Å². The molecule has 2 aromatic heterocycles. The molecule has 0 aromatic carbocycles. The summed E-state index contributed by atoms with van der Waals surface area (Å²) in [6.07, 6.45) is 2.02. The molecule has 0 amide bonds. The Balaban J connectivity index is 2.29. The summed E-state index contributed by atoms with van der Waals surface area (Å²) in [5.74, 6) is 1.85. The summed E-state index contributed by atoms with van der Waals surface area (Å²) in [5.41, 5.74) is 0.967. The average molecular weight is 202 g/mol. The second-order valence-corrected chi connectivity index (χ2v) is 3.72. The molecule has 15 heavy (non-hydrogen) atoms. The van der Waals surface area contributed by atoms with Gasteiger partial charge in [0.05, 0.1) is 18.0 Å². The lowest BCUT2D eigenvalue weighted by molar-refractivity contribution is -0.750. The number of pyridine rings is 1. The first kappa shape index (κ1) is 8.47. The summed E-state index contributed by atoms with van der Waals surface area (Å²) in [4.78, 5) is 0. The molecule has 1 atom stereocenters. The fraction of sp³-hybridized carbons (Fsp3) is 0.273. The third-order valence-electron chi connectivity index (χ3n) is 2.57. The summed E-state index contributed by atoms with van der Waals surface area (Å²) >= 11 is 0. The molecule has 0 spiro atoms. The fourth-order valence-corrected chi connectivity index (χ4v) is 1.89. The molecule has 2 aromatic rings. The van der Waals surface area contributed by atoms with Crippen LogP contribution in [0, 0.1) is 6.92 Å². The summed E-state index contributed by atoms with van der Waals surface area (Å²) in [6, 6.07) is 7.98. The standard InChI is InChI=1S/C11H12N3O/c1-8-7-11-14(12-8)10-5-3-4-6-13(10)9(2)15-11/h3-7,9H,1-2H3/q+1. The largest absolute Gasteiger partial charge is 0.417 e. The third-order valence-corrected chi connectivity index (χ3v) is 2.57. The van der Waals surface area contributed by atoms with Crippen molar-refractivity contribution in [3.8, 4) is 11.7 Å². The SMILES string of the molecule is Cc1cc2n(n1)-c1cccc[n+]1C(C)O2. The summed E-state index contributed by atoms with van der Waals surface area (Å²) in [6.45, 7) is 3.99. The highest BCUT2D eigenvalue weighted by molar-refractivity contribution is 5.27. The van der Waals surface area contributed by atoms with Crippen LogP contribution in [0.1, 0.15) is 18.8 Å². The predicted octanol–water partition coefficient (Wildman–Crippen LogP) is 1.38. The number of hydrogen-bond donors (Lipinski definition) is 0. The van der Waals surface area contributed by atoms with Gasteiger partial charge in [-0.15, -0.1) is 0 Å². The van der Waals surface area contributed by atoms with Crippen molar-refractivity contribution in [2.24, 2.45) is 0 Å². The molecule has 3 rings (SSSR count). The summed E-state index contributed by atoms with van der Waals surface area (Å²) in [7, 11) is 0. The Morgan fingerprint density at radius 2 is 2.33 bits per heavy atom. The lowest BCUT2D eigenvalue weighted by Gasteiger charge is -2.18. The molecule has 0 aliphatic carbocycles. The highest BCUT2D eigenvalue weighted by Gasteiger charge is 2.30. The minimum atomic E-state index is 0.0183. The van der Waals surface area contributed by atoms with Gasteiger partial charge in [-0.25, -0.2) is 0 Å². The van der Waals surface area contributed by atoms with E-state index < -0.39 is 0 Å². The van der Waals surface area contributed by atoms with Gasteiger partial charge in [-0.2, -0.15) is 4.57 Å². The fourth-order valence-electron chi connectivity index (χ4n) is 1.89. The average Bonchev–Trinajstić information content (AvgIpc) is 2.59. The molecule has 0 fully saturated rings. The Morgan fingerprint density at radius 1 is 1.47 bits per heavy atom. The molecule has 0 bridgehead atoms. The lowest BCUT2D eigenvalue weighted by atomic mass is 10.4. The van der Waals surface area contributed by atoms with Gasteiger partial charge in [0.1, 0.15) is 0 Å². The van der Waals surface area contributed by atoms with Crippen LogP contribution in [0.15, 0.2) is 30.5 Å². The maximum Gasteiger partial charge on any atom is 0.316 e. The zero-order valence-electron chi connectivity index (χ0n) is 8.71. The van der Waals surface area contributed by atoms with Crippen molar-refractivity contribution in [1.82, 2.24) is 9.78 Å². The molecule has 4 nitrogen and oxygen atoms in total. The Kier molecular flexibility index (Phi) is 1.59. The summed E-state index contributed by atoms with van der Waals surface area (Å²) < 4.78 is 9.63. The van der Waals surface area contributed by atoms with E-state index in [2.05, 4.69) is 9.67 Å². The molecule has 3 heterocycles. The van der Waals surface area contributed by atoms with Crippen molar-refractivity contribution in [1.29, 1.82) is 0 Å². The maximum atomic E-state index is 5.74. The van der Waals surface area contributed by atoms with Crippen molar-refractivity contribution < 1.29 is 9.30 Å². The number of aryl methyl sites for hydroxylation is 1. The molecule has 1 aliphatic heterocycles. The Morgan fingerprint density at radius 3 is 3.20 bits per heavy atom. The van der Waals surface area contributed by atoms with E-state index in [1.807, 2.05) is 49.0 Å². The highest BCUT2D eigenvalue weighted by atomic mass is 16.5. The van der Waals surface area contributed by atoms with E-state index >= 15 is 0 Å². The van der Waals surface area contributed by atoms with E-state index in [0.29, 0.717) is 0 Å². The van der Waals surface area contributed by atoms with Crippen LogP contribution in [0.4, 0.5) is 0 Å². The Bertz CT molecular complexity index is 518. The molecule has 1 aliphatic rings. The zero-order chi connectivity index (χ0) is 10.4. The Hall–Kier alpha value is -1.84. The number of ether oxygens (including phenoxy) is 1. The van der Waals surface area contributed by atoms with Gasteiger partial charge in [0.2, 0.25) is 6.23 Å². The molecule has 0 N–H and O–H groups in total. The first-order valence-electron chi connectivity index (χ1n) is 4.99. The second kappa shape index (κ2) is 2.82. The van der Waals surface area contributed by atoms with Gasteiger partial charge in [-0.1, -0.05) is 15.8 Å². The van der Waals surface area contributed by atoms with Crippen LogP contribution in [0.2, 0.25) is 0 Å². The minimum Gasteiger partial charge on any atom is -0.417 e. The van der Waals surface area contributed by atoms with Crippen LogP contribution in [0.3, 0.4) is 0 Å². The number of fused-ring (bicyclic) bond motifs is 3. The van der Waals surface area contributed by atoms with Crippen molar-refractivity contribution in [3.63, 3.8) is 0 Å². The van der Waals surface area contributed by atoms with Gasteiger partial charge < -0.3 is 4.74 Å². The normalized spacial score (nSPS) is 17.9. The molecule has 76 valence electrons. The van der Waals surface area contributed by atoms with E-state index in [0.717, 1.165) is 17.4 Å². The predicted molar refractivity (Wildman–Crippen MR) is 53.8 cm³/mol. The van der Waals surface area contributed by atoms with E-state index in [-0.39, 0.29) is 6.23 Å².